The van der Waals surface area contributed by atoms with Crippen LogP contribution in [0.3, 0.4) is 0 Å². The van der Waals surface area contributed by atoms with Crippen molar-refractivity contribution in [2.45, 2.75) is 59.3 Å². The van der Waals surface area contributed by atoms with Crippen molar-refractivity contribution in [2.75, 3.05) is 13.1 Å². The standard InChI is InChI=1S/C20H32N2O/c1-16(2)10-13-22-14-11-18(20(22)23)15-17(3)7-6-9-19-8-4-5-12-21-19/h4-5,8,12,16-18H,6-7,9-11,13-15H2,1-3H3. The first-order valence-electron chi connectivity index (χ1n) is 9.25. The highest BCUT2D eigenvalue weighted by molar-refractivity contribution is 5.80. The Morgan fingerprint density at radius 1 is 1.26 bits per heavy atom. The molecule has 0 N–H and O–H groups in total. The summed E-state index contributed by atoms with van der Waals surface area (Å²) in [6.07, 6.45) is 8.49. The Bertz CT molecular complexity index is 472. The fourth-order valence-electron chi connectivity index (χ4n) is 3.44. The van der Waals surface area contributed by atoms with Crippen molar-refractivity contribution in [1.82, 2.24) is 9.88 Å². The Balaban J connectivity index is 1.67. The average molecular weight is 316 g/mol. The molecule has 2 atom stereocenters. The first-order valence-corrected chi connectivity index (χ1v) is 9.25. The molecule has 1 aliphatic heterocycles. The van der Waals surface area contributed by atoms with Crippen LogP contribution in [0.25, 0.3) is 0 Å². The number of carbonyl (C=O) groups excluding carboxylic acids is 1. The summed E-state index contributed by atoms with van der Waals surface area (Å²) < 4.78 is 0. The largest absolute Gasteiger partial charge is 0.342 e. The fraction of sp³-hybridized carbons (Fsp3) is 0.700. The Labute approximate surface area is 141 Å². The number of hydrogen-bond donors (Lipinski definition) is 0. The quantitative estimate of drug-likeness (QED) is 0.679. The van der Waals surface area contributed by atoms with Crippen molar-refractivity contribution in [2.24, 2.45) is 17.8 Å². The summed E-state index contributed by atoms with van der Waals surface area (Å²) in [4.78, 5) is 18.9. The molecule has 1 amide bonds. The molecule has 2 unspecified atom stereocenters. The number of carbonyl (C=O) groups is 1. The molecule has 1 aromatic heterocycles. The predicted octanol–water partition coefficient (Wildman–Crippen LogP) is 4.33. The van der Waals surface area contributed by atoms with Gasteiger partial charge in [-0.2, -0.15) is 0 Å². The second-order valence-corrected chi connectivity index (χ2v) is 7.55. The third-order valence-corrected chi connectivity index (χ3v) is 4.93. The number of rotatable bonds is 9. The van der Waals surface area contributed by atoms with Crippen molar-refractivity contribution in [3.05, 3.63) is 30.1 Å². The minimum absolute atomic E-state index is 0.270. The Hall–Kier alpha value is -1.38. The van der Waals surface area contributed by atoms with Gasteiger partial charge in [-0.1, -0.05) is 33.3 Å². The van der Waals surface area contributed by atoms with Crippen LogP contribution < -0.4 is 0 Å². The van der Waals surface area contributed by atoms with Crippen LogP contribution in [0.15, 0.2) is 24.4 Å². The molecule has 1 fully saturated rings. The molecule has 0 bridgehead atoms. The lowest BCUT2D eigenvalue weighted by atomic mass is 9.91. The topological polar surface area (TPSA) is 33.2 Å². The number of likely N-dealkylation sites (tertiary alicyclic amines) is 1. The highest BCUT2D eigenvalue weighted by Gasteiger charge is 2.31. The van der Waals surface area contributed by atoms with Gasteiger partial charge in [0, 0.05) is 30.9 Å². The van der Waals surface area contributed by atoms with Crippen molar-refractivity contribution in [3.8, 4) is 0 Å². The van der Waals surface area contributed by atoms with Crippen LogP contribution in [0.2, 0.25) is 0 Å². The summed E-state index contributed by atoms with van der Waals surface area (Å²) in [7, 11) is 0. The lowest BCUT2D eigenvalue weighted by Crippen LogP contribution is -2.29. The molecule has 0 radical (unpaired) electrons. The molecule has 1 aromatic rings. The van der Waals surface area contributed by atoms with Crippen LogP contribution in [0.5, 0.6) is 0 Å². The minimum atomic E-state index is 0.270. The van der Waals surface area contributed by atoms with E-state index in [4.69, 9.17) is 0 Å². The van der Waals surface area contributed by atoms with E-state index in [0.717, 1.165) is 45.2 Å². The number of aryl methyl sites for hydroxylation is 1. The van der Waals surface area contributed by atoms with Crippen molar-refractivity contribution < 1.29 is 4.79 Å². The maximum atomic E-state index is 12.5. The Kier molecular flexibility index (Phi) is 7.07. The predicted molar refractivity (Wildman–Crippen MR) is 95.1 cm³/mol. The fourth-order valence-corrected chi connectivity index (χ4v) is 3.44. The summed E-state index contributed by atoms with van der Waals surface area (Å²) in [5.41, 5.74) is 1.18. The molecule has 0 spiro atoms. The van der Waals surface area contributed by atoms with Crippen molar-refractivity contribution in [1.29, 1.82) is 0 Å². The maximum Gasteiger partial charge on any atom is 0.225 e. The molecule has 1 aliphatic rings. The molecular formula is C20H32N2O. The molecule has 1 saturated heterocycles. The summed E-state index contributed by atoms with van der Waals surface area (Å²) >= 11 is 0. The smallest absolute Gasteiger partial charge is 0.225 e. The second-order valence-electron chi connectivity index (χ2n) is 7.55. The highest BCUT2D eigenvalue weighted by atomic mass is 16.2. The van der Waals surface area contributed by atoms with Crippen molar-refractivity contribution >= 4 is 5.91 Å². The molecular weight excluding hydrogens is 284 g/mol. The zero-order valence-corrected chi connectivity index (χ0v) is 15.0. The van der Waals surface area contributed by atoms with E-state index >= 15 is 0 Å². The van der Waals surface area contributed by atoms with E-state index in [9.17, 15) is 4.79 Å². The van der Waals surface area contributed by atoms with Gasteiger partial charge in [0.05, 0.1) is 0 Å². The second kappa shape index (κ2) is 9.05. The highest BCUT2D eigenvalue weighted by Crippen LogP contribution is 2.27. The number of hydrogen-bond acceptors (Lipinski definition) is 2. The normalized spacial score (nSPS) is 19.6. The van der Waals surface area contributed by atoms with Gasteiger partial charge in [0.2, 0.25) is 5.91 Å². The maximum absolute atomic E-state index is 12.5. The average Bonchev–Trinajstić information content (AvgIpc) is 2.87. The summed E-state index contributed by atoms with van der Waals surface area (Å²) in [6.45, 7) is 8.66. The van der Waals surface area contributed by atoms with Gasteiger partial charge in [0.1, 0.15) is 0 Å². The molecule has 0 aliphatic carbocycles. The minimum Gasteiger partial charge on any atom is -0.342 e. The van der Waals surface area contributed by atoms with E-state index in [1.165, 1.54) is 12.1 Å². The summed E-state index contributed by atoms with van der Waals surface area (Å²) in [5.74, 6) is 1.97. The molecule has 128 valence electrons. The third-order valence-electron chi connectivity index (χ3n) is 4.93. The van der Waals surface area contributed by atoms with Gasteiger partial charge in [0.25, 0.3) is 0 Å². The molecule has 3 heteroatoms. The van der Waals surface area contributed by atoms with Crippen LogP contribution in [0.1, 0.15) is 58.6 Å². The van der Waals surface area contributed by atoms with E-state index in [2.05, 4.69) is 42.8 Å². The van der Waals surface area contributed by atoms with E-state index < -0.39 is 0 Å². The number of aromatic nitrogens is 1. The van der Waals surface area contributed by atoms with E-state index in [1.807, 2.05) is 12.3 Å². The number of nitrogens with zero attached hydrogens (tertiary/aromatic N) is 2. The molecule has 2 rings (SSSR count). The van der Waals surface area contributed by atoms with Gasteiger partial charge in [-0.25, -0.2) is 0 Å². The monoisotopic (exact) mass is 316 g/mol. The van der Waals surface area contributed by atoms with E-state index in [-0.39, 0.29) is 5.92 Å². The first-order chi connectivity index (χ1) is 11.1. The summed E-state index contributed by atoms with van der Waals surface area (Å²) in [6, 6.07) is 6.11. The van der Waals surface area contributed by atoms with Crippen LogP contribution in [-0.2, 0) is 11.2 Å². The molecule has 2 heterocycles. The zero-order valence-electron chi connectivity index (χ0n) is 15.0. The van der Waals surface area contributed by atoms with E-state index in [1.54, 1.807) is 0 Å². The van der Waals surface area contributed by atoms with Crippen LogP contribution in [0, 0.1) is 17.8 Å². The molecule has 0 aromatic carbocycles. The van der Waals surface area contributed by atoms with Gasteiger partial charge in [0.15, 0.2) is 0 Å². The van der Waals surface area contributed by atoms with Crippen LogP contribution in [0.4, 0.5) is 0 Å². The molecule has 3 nitrogen and oxygen atoms in total. The van der Waals surface area contributed by atoms with Gasteiger partial charge in [-0.15, -0.1) is 0 Å². The number of amides is 1. The first kappa shape index (κ1) is 18.0. The Morgan fingerprint density at radius 2 is 2.09 bits per heavy atom. The lowest BCUT2D eigenvalue weighted by molar-refractivity contribution is -0.131. The van der Waals surface area contributed by atoms with Gasteiger partial charge in [-0.05, 0) is 56.1 Å². The summed E-state index contributed by atoms with van der Waals surface area (Å²) in [5, 5.41) is 0. The van der Waals surface area contributed by atoms with Crippen molar-refractivity contribution in [3.63, 3.8) is 0 Å². The van der Waals surface area contributed by atoms with Gasteiger partial charge >= 0.3 is 0 Å². The van der Waals surface area contributed by atoms with E-state index in [0.29, 0.717) is 17.7 Å². The zero-order chi connectivity index (χ0) is 16.7. The molecule has 23 heavy (non-hydrogen) atoms. The van der Waals surface area contributed by atoms with Gasteiger partial charge < -0.3 is 4.90 Å². The Morgan fingerprint density at radius 3 is 2.78 bits per heavy atom. The molecule has 0 saturated carbocycles. The van der Waals surface area contributed by atoms with Crippen LogP contribution in [-0.4, -0.2) is 28.9 Å². The van der Waals surface area contributed by atoms with Gasteiger partial charge in [-0.3, -0.25) is 9.78 Å². The third kappa shape index (κ3) is 5.96. The van der Waals surface area contributed by atoms with Crippen LogP contribution >= 0.6 is 0 Å². The lowest BCUT2D eigenvalue weighted by Gasteiger charge is -2.19. The number of pyridine rings is 1. The SMILES string of the molecule is CC(C)CCN1CCC(CC(C)CCCc2ccccn2)C1=O.